The van der Waals surface area contributed by atoms with Gasteiger partial charge in [-0.15, -0.1) is 0 Å². The molecular formula is C26H20O4. The summed E-state index contributed by atoms with van der Waals surface area (Å²) in [6.45, 7) is 2.11. The highest BCUT2D eigenvalue weighted by Gasteiger charge is 2.09. The number of rotatable bonds is 6. The molecule has 4 heteroatoms. The molecule has 148 valence electrons. The minimum Gasteiger partial charge on any atom is -0.462 e. The number of allylic oxidation sites excluding steroid dienone is 1. The summed E-state index contributed by atoms with van der Waals surface area (Å²) in [6, 6.07) is 24.2. The molecule has 0 radical (unpaired) electrons. The van der Waals surface area contributed by atoms with Gasteiger partial charge in [0.25, 0.3) is 0 Å². The smallest absolute Gasteiger partial charge is 0.338 e. The van der Waals surface area contributed by atoms with Crippen molar-refractivity contribution in [1.29, 1.82) is 0 Å². The molecule has 0 aliphatic heterocycles. The van der Waals surface area contributed by atoms with Crippen molar-refractivity contribution in [3.8, 4) is 11.3 Å². The third kappa shape index (κ3) is 4.08. The monoisotopic (exact) mass is 396 g/mol. The molecule has 0 atom stereocenters. The fraction of sp³-hybridized carbons (Fsp3) is 0.0769. The maximum absolute atomic E-state index is 12.7. The number of hydrogen-bond acceptors (Lipinski definition) is 4. The van der Waals surface area contributed by atoms with Gasteiger partial charge in [0.05, 0.1) is 12.2 Å². The molecule has 4 rings (SSSR count). The van der Waals surface area contributed by atoms with Crippen LogP contribution >= 0.6 is 0 Å². The van der Waals surface area contributed by atoms with Crippen LogP contribution in [-0.4, -0.2) is 18.4 Å². The summed E-state index contributed by atoms with van der Waals surface area (Å²) in [5.74, 6) is 0.804. The third-order valence-electron chi connectivity index (χ3n) is 4.76. The number of carbonyl (C=O) groups excluding carboxylic acids is 2. The van der Waals surface area contributed by atoms with Crippen molar-refractivity contribution >= 4 is 28.6 Å². The van der Waals surface area contributed by atoms with Crippen LogP contribution in [0.15, 0.2) is 89.4 Å². The molecule has 4 aromatic rings. The van der Waals surface area contributed by atoms with Crippen LogP contribution < -0.4 is 0 Å². The van der Waals surface area contributed by atoms with Gasteiger partial charge in [-0.2, -0.15) is 0 Å². The summed E-state index contributed by atoms with van der Waals surface area (Å²) in [7, 11) is 0. The number of hydrogen-bond donors (Lipinski definition) is 0. The van der Waals surface area contributed by atoms with Crippen molar-refractivity contribution in [2.24, 2.45) is 0 Å². The SMILES string of the molecule is CCOC(=O)c1ccc(-c2ccc(/C=C/C(=O)c3cccc4ccccc34)o2)cc1. The zero-order chi connectivity index (χ0) is 20.9. The normalized spacial score (nSPS) is 11.1. The van der Waals surface area contributed by atoms with Crippen LogP contribution in [0, 0.1) is 0 Å². The number of fused-ring (bicyclic) bond motifs is 1. The minimum absolute atomic E-state index is 0.0801. The molecule has 0 aliphatic carbocycles. The highest BCUT2D eigenvalue weighted by atomic mass is 16.5. The van der Waals surface area contributed by atoms with Crippen LogP contribution in [0.2, 0.25) is 0 Å². The van der Waals surface area contributed by atoms with E-state index in [2.05, 4.69) is 0 Å². The van der Waals surface area contributed by atoms with Crippen molar-refractivity contribution in [1.82, 2.24) is 0 Å². The van der Waals surface area contributed by atoms with Gasteiger partial charge < -0.3 is 9.15 Å². The lowest BCUT2D eigenvalue weighted by atomic mass is 10.0. The van der Waals surface area contributed by atoms with Gasteiger partial charge in [0.2, 0.25) is 0 Å². The average Bonchev–Trinajstić information content (AvgIpc) is 3.26. The van der Waals surface area contributed by atoms with Gasteiger partial charge in [-0.05, 0) is 54.1 Å². The lowest BCUT2D eigenvalue weighted by Gasteiger charge is -2.03. The van der Waals surface area contributed by atoms with Crippen LogP contribution in [0.1, 0.15) is 33.4 Å². The minimum atomic E-state index is -0.348. The molecule has 0 saturated heterocycles. The number of carbonyl (C=O) groups is 2. The van der Waals surface area contributed by atoms with Crippen molar-refractivity contribution in [2.45, 2.75) is 6.92 Å². The highest BCUT2D eigenvalue weighted by molar-refractivity contribution is 6.14. The Morgan fingerprint density at radius 2 is 1.67 bits per heavy atom. The molecule has 0 bridgehead atoms. The highest BCUT2D eigenvalue weighted by Crippen LogP contribution is 2.24. The van der Waals surface area contributed by atoms with Crippen LogP contribution in [0.4, 0.5) is 0 Å². The summed E-state index contributed by atoms with van der Waals surface area (Å²) in [5.41, 5.74) is 1.99. The van der Waals surface area contributed by atoms with Crippen LogP contribution in [-0.2, 0) is 4.74 Å². The Morgan fingerprint density at radius 3 is 2.47 bits per heavy atom. The zero-order valence-corrected chi connectivity index (χ0v) is 16.5. The molecule has 1 aromatic heterocycles. The molecule has 4 nitrogen and oxygen atoms in total. The summed E-state index contributed by atoms with van der Waals surface area (Å²) >= 11 is 0. The van der Waals surface area contributed by atoms with E-state index < -0.39 is 0 Å². The number of benzene rings is 3. The van der Waals surface area contributed by atoms with E-state index in [1.54, 1.807) is 37.3 Å². The van der Waals surface area contributed by atoms with Crippen molar-refractivity contribution < 1.29 is 18.7 Å². The maximum atomic E-state index is 12.7. The fourth-order valence-corrected chi connectivity index (χ4v) is 3.27. The molecule has 0 amide bonds. The lowest BCUT2D eigenvalue weighted by molar-refractivity contribution is 0.0526. The predicted molar refractivity (Wildman–Crippen MR) is 117 cm³/mol. The Morgan fingerprint density at radius 1 is 0.900 bits per heavy atom. The maximum Gasteiger partial charge on any atom is 0.338 e. The first kappa shape index (κ1) is 19.4. The summed E-state index contributed by atoms with van der Waals surface area (Å²) in [4.78, 5) is 24.4. The number of ketones is 1. The van der Waals surface area contributed by atoms with Gasteiger partial charge in [-0.1, -0.05) is 54.6 Å². The van der Waals surface area contributed by atoms with E-state index in [-0.39, 0.29) is 11.8 Å². The van der Waals surface area contributed by atoms with E-state index in [0.29, 0.717) is 29.3 Å². The van der Waals surface area contributed by atoms with Gasteiger partial charge in [0, 0.05) is 11.1 Å². The third-order valence-corrected chi connectivity index (χ3v) is 4.76. The quantitative estimate of drug-likeness (QED) is 0.222. The van der Waals surface area contributed by atoms with E-state index in [4.69, 9.17) is 9.15 Å². The molecular weight excluding hydrogens is 376 g/mol. The second-order valence-electron chi connectivity index (χ2n) is 6.72. The predicted octanol–water partition coefficient (Wildman–Crippen LogP) is 6.17. The van der Waals surface area contributed by atoms with E-state index in [0.717, 1.165) is 16.3 Å². The molecule has 0 unspecified atom stereocenters. The first-order valence-electron chi connectivity index (χ1n) is 9.73. The van der Waals surface area contributed by atoms with Crippen molar-refractivity contribution in [3.05, 3.63) is 102 Å². The van der Waals surface area contributed by atoms with Crippen LogP contribution in [0.5, 0.6) is 0 Å². The van der Waals surface area contributed by atoms with E-state index in [1.165, 1.54) is 6.08 Å². The van der Waals surface area contributed by atoms with Crippen molar-refractivity contribution in [2.75, 3.05) is 6.61 Å². The van der Waals surface area contributed by atoms with E-state index in [1.807, 2.05) is 54.6 Å². The molecule has 0 fully saturated rings. The van der Waals surface area contributed by atoms with Crippen LogP contribution in [0.25, 0.3) is 28.2 Å². The number of furan rings is 1. The lowest BCUT2D eigenvalue weighted by Crippen LogP contribution is -2.03. The Bertz CT molecular complexity index is 1220. The Kier molecular flexibility index (Phi) is 5.57. The summed E-state index contributed by atoms with van der Waals surface area (Å²) in [5, 5.41) is 1.96. The Hall–Kier alpha value is -3.92. The van der Waals surface area contributed by atoms with Gasteiger partial charge in [0.1, 0.15) is 11.5 Å². The molecule has 0 spiro atoms. The largest absolute Gasteiger partial charge is 0.462 e. The average molecular weight is 396 g/mol. The summed E-state index contributed by atoms with van der Waals surface area (Å²) in [6.07, 6.45) is 3.19. The van der Waals surface area contributed by atoms with Gasteiger partial charge in [-0.3, -0.25) is 4.79 Å². The molecule has 3 aromatic carbocycles. The molecule has 0 N–H and O–H groups in total. The van der Waals surface area contributed by atoms with Crippen LogP contribution in [0.3, 0.4) is 0 Å². The zero-order valence-electron chi connectivity index (χ0n) is 16.5. The molecule has 30 heavy (non-hydrogen) atoms. The van der Waals surface area contributed by atoms with Gasteiger partial charge >= 0.3 is 5.97 Å². The van der Waals surface area contributed by atoms with Gasteiger partial charge in [-0.25, -0.2) is 4.79 Å². The second kappa shape index (κ2) is 8.62. The number of esters is 1. The Balaban J connectivity index is 1.51. The molecule has 0 saturated carbocycles. The summed E-state index contributed by atoms with van der Waals surface area (Å²) < 4.78 is 10.8. The Labute approximate surface area is 174 Å². The van der Waals surface area contributed by atoms with Gasteiger partial charge in [0.15, 0.2) is 5.78 Å². The topological polar surface area (TPSA) is 56.5 Å². The molecule has 0 aliphatic rings. The number of ether oxygens (including phenoxy) is 1. The standard InChI is InChI=1S/C26H20O4/c1-2-29-26(28)20-12-10-19(11-13-20)25-17-15-21(30-25)14-16-24(27)23-9-5-7-18-6-3-4-8-22(18)23/h3-17H,2H2,1H3/b16-14+. The van der Waals surface area contributed by atoms with Crippen molar-refractivity contribution in [3.63, 3.8) is 0 Å². The van der Waals surface area contributed by atoms with E-state index in [9.17, 15) is 9.59 Å². The second-order valence-corrected chi connectivity index (χ2v) is 6.72. The fourth-order valence-electron chi connectivity index (χ4n) is 3.27. The first-order chi connectivity index (χ1) is 14.7. The molecule has 1 heterocycles. The first-order valence-corrected chi connectivity index (χ1v) is 9.73. The van der Waals surface area contributed by atoms with E-state index >= 15 is 0 Å².